The van der Waals surface area contributed by atoms with Gasteiger partial charge in [0.2, 0.25) is 0 Å². The van der Waals surface area contributed by atoms with E-state index >= 15 is 0 Å². The number of hydrogen-bond donors (Lipinski definition) is 0. The van der Waals surface area contributed by atoms with Gasteiger partial charge >= 0.3 is 5.69 Å². The lowest BCUT2D eigenvalue weighted by Crippen LogP contribution is -2.25. The van der Waals surface area contributed by atoms with Crippen LogP contribution < -0.4 is 5.69 Å². The molecular formula is C14H10ClN5O3. The van der Waals surface area contributed by atoms with E-state index < -0.39 is 10.6 Å². The molecular weight excluding hydrogens is 322 g/mol. The zero-order valence-corrected chi connectivity index (χ0v) is 12.4. The summed E-state index contributed by atoms with van der Waals surface area (Å²) in [5.41, 5.74) is 0.468. The second kappa shape index (κ2) is 6.01. The number of non-ortho nitro benzene ring substituents is 1. The molecule has 0 amide bonds. The number of nitro benzene ring substituents is 1. The number of nitrogens with zero attached hydrogens (tertiary/aromatic N) is 5. The van der Waals surface area contributed by atoms with Crippen LogP contribution in [0, 0.1) is 10.1 Å². The fourth-order valence-electron chi connectivity index (χ4n) is 2.09. The summed E-state index contributed by atoms with van der Waals surface area (Å²) in [7, 11) is 0. The van der Waals surface area contributed by atoms with Crippen LogP contribution in [0.2, 0.25) is 5.02 Å². The van der Waals surface area contributed by atoms with Crippen molar-refractivity contribution in [3.05, 3.63) is 79.7 Å². The average molecular weight is 332 g/mol. The van der Waals surface area contributed by atoms with E-state index in [1.807, 2.05) is 0 Å². The van der Waals surface area contributed by atoms with E-state index in [-0.39, 0.29) is 12.2 Å². The minimum absolute atomic E-state index is 0.0472. The highest BCUT2D eigenvalue weighted by Gasteiger charge is 2.13. The third kappa shape index (κ3) is 2.97. The number of nitro groups is 1. The smallest absolute Gasteiger partial charge is 0.258 e. The number of rotatable bonds is 4. The zero-order valence-electron chi connectivity index (χ0n) is 11.7. The molecule has 2 aromatic carbocycles. The SMILES string of the molecule is O=c1n(Cc2cccc([N+](=O)[O-])c2)nnn1-c1ccccc1Cl. The molecule has 23 heavy (non-hydrogen) atoms. The van der Waals surface area contributed by atoms with Gasteiger partial charge in [-0.25, -0.2) is 4.79 Å². The lowest BCUT2D eigenvalue weighted by Gasteiger charge is -2.01. The maximum absolute atomic E-state index is 12.4. The first-order valence-electron chi connectivity index (χ1n) is 6.57. The lowest BCUT2D eigenvalue weighted by atomic mass is 10.2. The topological polar surface area (TPSA) is 95.8 Å². The molecule has 0 aliphatic heterocycles. The van der Waals surface area contributed by atoms with Crippen molar-refractivity contribution in [3.63, 3.8) is 0 Å². The Morgan fingerprint density at radius 3 is 2.65 bits per heavy atom. The van der Waals surface area contributed by atoms with Gasteiger partial charge in [-0.3, -0.25) is 10.1 Å². The van der Waals surface area contributed by atoms with Crippen LogP contribution in [0.3, 0.4) is 0 Å². The Hall–Kier alpha value is -3.00. The van der Waals surface area contributed by atoms with Gasteiger partial charge in [-0.05, 0) is 28.1 Å². The monoisotopic (exact) mass is 331 g/mol. The Morgan fingerprint density at radius 2 is 1.91 bits per heavy atom. The normalized spacial score (nSPS) is 10.7. The van der Waals surface area contributed by atoms with Crippen molar-refractivity contribution in [3.8, 4) is 5.69 Å². The van der Waals surface area contributed by atoms with Crippen molar-refractivity contribution in [2.24, 2.45) is 0 Å². The molecule has 0 atom stereocenters. The van der Waals surface area contributed by atoms with Crippen LogP contribution in [0.4, 0.5) is 5.69 Å². The van der Waals surface area contributed by atoms with E-state index in [0.29, 0.717) is 16.3 Å². The molecule has 116 valence electrons. The van der Waals surface area contributed by atoms with Gasteiger partial charge in [0.1, 0.15) is 0 Å². The van der Waals surface area contributed by atoms with Crippen molar-refractivity contribution in [1.82, 2.24) is 19.8 Å². The molecule has 0 radical (unpaired) electrons. The number of benzene rings is 2. The highest BCUT2D eigenvalue weighted by molar-refractivity contribution is 6.32. The summed E-state index contributed by atoms with van der Waals surface area (Å²) >= 11 is 6.04. The molecule has 1 heterocycles. The number of halogens is 1. The predicted molar refractivity (Wildman–Crippen MR) is 82.8 cm³/mol. The Bertz CT molecular complexity index is 934. The molecule has 0 bridgehead atoms. The molecule has 0 saturated heterocycles. The molecule has 0 saturated carbocycles. The van der Waals surface area contributed by atoms with Crippen molar-refractivity contribution in [2.75, 3.05) is 0 Å². The van der Waals surface area contributed by atoms with Gasteiger partial charge < -0.3 is 0 Å². The quantitative estimate of drug-likeness (QED) is 0.538. The number of aromatic nitrogens is 4. The summed E-state index contributed by atoms with van der Waals surface area (Å²) in [6.45, 7) is 0.0744. The first-order valence-corrected chi connectivity index (χ1v) is 6.95. The van der Waals surface area contributed by atoms with E-state index in [4.69, 9.17) is 11.6 Å². The van der Waals surface area contributed by atoms with Crippen LogP contribution in [0.5, 0.6) is 0 Å². The fraction of sp³-hybridized carbons (Fsp3) is 0.0714. The van der Waals surface area contributed by atoms with Crippen molar-refractivity contribution in [1.29, 1.82) is 0 Å². The van der Waals surface area contributed by atoms with Crippen molar-refractivity contribution >= 4 is 17.3 Å². The van der Waals surface area contributed by atoms with E-state index in [0.717, 1.165) is 9.36 Å². The highest BCUT2D eigenvalue weighted by atomic mass is 35.5. The Labute approximate surface area is 134 Å². The Morgan fingerprint density at radius 1 is 1.13 bits per heavy atom. The molecule has 3 rings (SSSR count). The van der Waals surface area contributed by atoms with E-state index in [2.05, 4.69) is 10.4 Å². The number of hydrogen-bond acceptors (Lipinski definition) is 5. The van der Waals surface area contributed by atoms with E-state index in [9.17, 15) is 14.9 Å². The first-order chi connectivity index (χ1) is 11.1. The molecule has 1 aromatic heterocycles. The van der Waals surface area contributed by atoms with Crippen LogP contribution >= 0.6 is 11.6 Å². The number of tetrazole rings is 1. The summed E-state index contributed by atoms with van der Waals surface area (Å²) in [5, 5.41) is 18.8. The molecule has 0 unspecified atom stereocenters. The molecule has 9 heteroatoms. The molecule has 3 aromatic rings. The molecule has 0 spiro atoms. The third-order valence-electron chi connectivity index (χ3n) is 3.17. The highest BCUT2D eigenvalue weighted by Crippen LogP contribution is 2.17. The third-order valence-corrected chi connectivity index (χ3v) is 3.49. The summed E-state index contributed by atoms with van der Waals surface area (Å²) in [4.78, 5) is 22.6. The minimum atomic E-state index is -0.493. The van der Waals surface area contributed by atoms with Gasteiger partial charge in [0, 0.05) is 12.1 Å². The molecule has 0 fully saturated rings. The summed E-state index contributed by atoms with van der Waals surface area (Å²) in [6.07, 6.45) is 0. The van der Waals surface area contributed by atoms with Crippen LogP contribution in [0.15, 0.2) is 53.3 Å². The summed E-state index contributed by atoms with van der Waals surface area (Å²) < 4.78 is 2.20. The van der Waals surface area contributed by atoms with Crippen molar-refractivity contribution in [2.45, 2.75) is 6.54 Å². The minimum Gasteiger partial charge on any atom is -0.258 e. The standard InChI is InChI=1S/C14H10ClN5O3/c15-12-6-1-2-7-13(12)19-14(21)18(16-17-19)9-10-4-3-5-11(8-10)20(22)23/h1-8H,9H2. The van der Waals surface area contributed by atoms with Crippen LogP contribution in [0.25, 0.3) is 5.69 Å². The summed E-state index contributed by atoms with van der Waals surface area (Å²) in [6, 6.07) is 12.8. The van der Waals surface area contributed by atoms with E-state index in [1.165, 1.54) is 12.1 Å². The lowest BCUT2D eigenvalue weighted by molar-refractivity contribution is -0.384. The fourth-order valence-corrected chi connectivity index (χ4v) is 2.31. The van der Waals surface area contributed by atoms with Gasteiger partial charge in [0.05, 0.1) is 22.2 Å². The second-order valence-electron chi connectivity index (χ2n) is 4.71. The maximum atomic E-state index is 12.4. The van der Waals surface area contributed by atoms with Gasteiger partial charge in [-0.1, -0.05) is 35.9 Å². The predicted octanol–water partition coefficient (Wildman–Crippen LogP) is 2.04. The average Bonchev–Trinajstić information content (AvgIpc) is 2.89. The van der Waals surface area contributed by atoms with Gasteiger partial charge in [-0.15, -0.1) is 0 Å². The Balaban J connectivity index is 1.95. The summed E-state index contributed by atoms with van der Waals surface area (Å²) in [5.74, 6) is 0. The molecule has 8 nitrogen and oxygen atoms in total. The van der Waals surface area contributed by atoms with Crippen LogP contribution in [-0.2, 0) is 6.54 Å². The first kappa shape index (κ1) is 14.9. The Kier molecular flexibility index (Phi) is 3.90. The van der Waals surface area contributed by atoms with Gasteiger partial charge in [-0.2, -0.15) is 9.36 Å². The zero-order chi connectivity index (χ0) is 16.4. The molecule has 0 aliphatic carbocycles. The maximum Gasteiger partial charge on any atom is 0.368 e. The largest absolute Gasteiger partial charge is 0.368 e. The van der Waals surface area contributed by atoms with Crippen molar-refractivity contribution < 1.29 is 4.92 Å². The van der Waals surface area contributed by atoms with Crippen LogP contribution in [0.1, 0.15) is 5.56 Å². The number of para-hydroxylation sites is 1. The van der Waals surface area contributed by atoms with Gasteiger partial charge in [0.15, 0.2) is 0 Å². The molecule has 0 aliphatic rings. The van der Waals surface area contributed by atoms with E-state index in [1.54, 1.807) is 36.4 Å². The van der Waals surface area contributed by atoms with Gasteiger partial charge in [0.25, 0.3) is 5.69 Å². The van der Waals surface area contributed by atoms with Crippen LogP contribution in [-0.4, -0.2) is 24.7 Å². The second-order valence-corrected chi connectivity index (χ2v) is 5.12. The molecule has 0 N–H and O–H groups in total.